The van der Waals surface area contributed by atoms with E-state index in [9.17, 15) is 0 Å². The van der Waals surface area contributed by atoms with Crippen molar-refractivity contribution < 1.29 is 0 Å². The van der Waals surface area contributed by atoms with Crippen molar-refractivity contribution in [1.82, 2.24) is 0 Å². The molecule has 4 N–H and O–H groups in total. The van der Waals surface area contributed by atoms with Gasteiger partial charge in [0.2, 0.25) is 0 Å². The van der Waals surface area contributed by atoms with E-state index in [1.807, 2.05) is 13.0 Å². The summed E-state index contributed by atoms with van der Waals surface area (Å²) in [5, 5.41) is 5.13. The number of aliphatic imine (C=N–C) groups is 1. The third-order valence-electron chi connectivity index (χ3n) is 9.53. The second kappa shape index (κ2) is 14.1. The van der Waals surface area contributed by atoms with Crippen molar-refractivity contribution in [2.45, 2.75) is 32.6 Å². The summed E-state index contributed by atoms with van der Waals surface area (Å²) in [4.78, 5) is 4.92. The summed E-state index contributed by atoms with van der Waals surface area (Å²) in [6, 6.07) is 35.0. The third kappa shape index (κ3) is 6.13. The zero-order valence-corrected chi connectivity index (χ0v) is 27.5. The molecule has 0 fully saturated rings. The first-order chi connectivity index (χ1) is 23.7. The highest BCUT2D eigenvalue weighted by molar-refractivity contribution is 6.15. The molecule has 48 heavy (non-hydrogen) atoms. The Hall–Kier alpha value is -5.51. The number of rotatable bonds is 8. The summed E-state index contributed by atoms with van der Waals surface area (Å²) in [7, 11) is 0. The fourth-order valence-corrected chi connectivity index (χ4v) is 7.22. The maximum atomic E-state index is 6.17. The minimum atomic E-state index is 0.216. The second-order valence-corrected chi connectivity index (χ2v) is 12.4. The van der Waals surface area contributed by atoms with Crippen LogP contribution in [-0.4, -0.2) is 12.4 Å². The summed E-state index contributed by atoms with van der Waals surface area (Å²) in [5.41, 5.74) is 25.2. The van der Waals surface area contributed by atoms with Crippen molar-refractivity contribution in [3.8, 4) is 0 Å². The fraction of sp³-hybridized carbons (Fsp3) is 0.133. The van der Waals surface area contributed by atoms with Gasteiger partial charge in [-0.1, -0.05) is 121 Å². The Kier molecular flexibility index (Phi) is 9.13. The Morgan fingerprint density at radius 2 is 1.56 bits per heavy atom. The van der Waals surface area contributed by atoms with Crippen LogP contribution >= 0.6 is 0 Å². The van der Waals surface area contributed by atoms with Gasteiger partial charge in [0.15, 0.2) is 0 Å². The van der Waals surface area contributed by atoms with Crippen LogP contribution in [-0.2, 0) is 6.42 Å². The molecule has 0 aliphatic heterocycles. The number of nitrogens with two attached hydrogens (primary N) is 2. The van der Waals surface area contributed by atoms with Gasteiger partial charge < -0.3 is 11.5 Å². The van der Waals surface area contributed by atoms with Gasteiger partial charge in [-0.3, -0.25) is 4.99 Å². The van der Waals surface area contributed by atoms with Gasteiger partial charge in [0.25, 0.3) is 0 Å². The molecule has 0 saturated heterocycles. The van der Waals surface area contributed by atoms with Gasteiger partial charge in [0.1, 0.15) is 0 Å². The lowest BCUT2D eigenvalue weighted by Crippen LogP contribution is -2.09. The summed E-state index contributed by atoms with van der Waals surface area (Å²) in [5.74, 6) is 0. The zero-order valence-electron chi connectivity index (χ0n) is 27.5. The predicted molar refractivity (Wildman–Crippen MR) is 208 cm³/mol. The molecule has 0 radical (unpaired) electrons. The molecule has 0 aromatic heterocycles. The SMILES string of the molecule is C/C=C\C(=C/N)c1cccc(/C(=C/C(=NCN)C2=CC=C(c3cccc4ccccc34)CC2)c2cc3ccccc3c3c2C=CCC3)c1. The van der Waals surface area contributed by atoms with Gasteiger partial charge in [0.05, 0.1) is 12.4 Å². The van der Waals surface area contributed by atoms with E-state index in [1.54, 1.807) is 6.20 Å². The molecule has 0 atom stereocenters. The fourth-order valence-electron chi connectivity index (χ4n) is 7.22. The van der Waals surface area contributed by atoms with E-state index in [4.69, 9.17) is 16.5 Å². The molecule has 0 heterocycles. The van der Waals surface area contributed by atoms with E-state index < -0.39 is 0 Å². The van der Waals surface area contributed by atoms with E-state index >= 15 is 0 Å². The monoisotopic (exact) mass is 623 g/mol. The van der Waals surface area contributed by atoms with E-state index in [2.05, 4.69) is 134 Å². The number of benzene rings is 5. The molecule has 2 aliphatic carbocycles. The Bertz CT molecular complexity index is 2230. The molecule has 3 nitrogen and oxygen atoms in total. The Morgan fingerprint density at radius 3 is 2.35 bits per heavy atom. The molecule has 2 aliphatic rings. The van der Waals surface area contributed by atoms with Crippen LogP contribution in [0.4, 0.5) is 0 Å². The van der Waals surface area contributed by atoms with Crippen LogP contribution in [0.1, 0.15) is 59.6 Å². The summed E-state index contributed by atoms with van der Waals surface area (Å²) < 4.78 is 0. The predicted octanol–water partition coefficient (Wildman–Crippen LogP) is 10.4. The molecule has 3 heteroatoms. The van der Waals surface area contributed by atoms with Crippen molar-refractivity contribution >= 4 is 50.1 Å². The van der Waals surface area contributed by atoms with Crippen LogP contribution in [0, 0.1) is 0 Å². The lowest BCUT2D eigenvalue weighted by atomic mass is 9.82. The zero-order chi connectivity index (χ0) is 32.9. The standard InChI is InChI=1S/C45H41N3/c1-2-11-37(29-46)34-15-9-16-35(26-34)43(44-27-36-13-4-6-18-40(36)41-19-7-8-20-42(41)44)28-45(48-30-47)33-24-22-32(23-25-33)39-21-10-14-31-12-3-5-17-38(31)39/h2-6,8-18,20-22,24,26-29H,7,19,23,25,30,46-47H2,1H3/b11-2-,37-29+,43-28-,48-45?. The maximum Gasteiger partial charge on any atom is 0.0866 e. The number of hydrogen-bond acceptors (Lipinski definition) is 3. The van der Waals surface area contributed by atoms with Gasteiger partial charge in [-0.15, -0.1) is 0 Å². The van der Waals surface area contributed by atoms with E-state index in [0.717, 1.165) is 53.7 Å². The molecule has 0 unspecified atom stereocenters. The highest BCUT2D eigenvalue weighted by Crippen LogP contribution is 2.39. The molecule has 0 amide bonds. The van der Waals surface area contributed by atoms with Crippen molar-refractivity contribution in [3.05, 3.63) is 179 Å². The van der Waals surface area contributed by atoms with Crippen LogP contribution in [0.25, 0.3) is 44.3 Å². The lowest BCUT2D eigenvalue weighted by Gasteiger charge is -2.22. The highest BCUT2D eigenvalue weighted by atomic mass is 14.9. The van der Waals surface area contributed by atoms with E-state index in [1.165, 1.54) is 54.9 Å². The van der Waals surface area contributed by atoms with Gasteiger partial charge in [-0.05, 0) is 128 Å². The minimum Gasteiger partial charge on any atom is -0.404 e. The average molecular weight is 624 g/mol. The molecule has 0 spiro atoms. The Labute approximate surface area is 283 Å². The average Bonchev–Trinajstić information content (AvgIpc) is 3.15. The van der Waals surface area contributed by atoms with Gasteiger partial charge in [-0.25, -0.2) is 0 Å². The maximum absolute atomic E-state index is 6.17. The summed E-state index contributed by atoms with van der Waals surface area (Å²) in [6.45, 7) is 2.23. The number of aryl methyl sites for hydroxylation is 1. The molecule has 5 aromatic rings. The summed E-state index contributed by atoms with van der Waals surface area (Å²) in [6.07, 6.45) is 21.0. The smallest absolute Gasteiger partial charge is 0.0866 e. The van der Waals surface area contributed by atoms with E-state index in [-0.39, 0.29) is 6.67 Å². The first-order valence-corrected chi connectivity index (χ1v) is 16.9. The molecule has 236 valence electrons. The van der Waals surface area contributed by atoms with Crippen LogP contribution in [0.2, 0.25) is 0 Å². The van der Waals surface area contributed by atoms with Crippen LogP contribution < -0.4 is 11.5 Å². The normalized spacial score (nSPS) is 15.6. The van der Waals surface area contributed by atoms with Gasteiger partial charge >= 0.3 is 0 Å². The largest absolute Gasteiger partial charge is 0.404 e. The van der Waals surface area contributed by atoms with Gasteiger partial charge in [0, 0.05) is 6.20 Å². The molecular weight excluding hydrogens is 583 g/mol. The molecule has 0 bridgehead atoms. The van der Waals surface area contributed by atoms with Crippen LogP contribution in [0.3, 0.4) is 0 Å². The van der Waals surface area contributed by atoms with Crippen molar-refractivity contribution in [3.63, 3.8) is 0 Å². The number of nitrogens with zero attached hydrogens (tertiary/aromatic N) is 1. The van der Waals surface area contributed by atoms with Crippen molar-refractivity contribution in [2.24, 2.45) is 16.5 Å². The molecular formula is C45H41N3. The second-order valence-electron chi connectivity index (χ2n) is 12.4. The molecule has 5 aromatic carbocycles. The van der Waals surface area contributed by atoms with Crippen molar-refractivity contribution in [2.75, 3.05) is 6.67 Å². The summed E-state index contributed by atoms with van der Waals surface area (Å²) >= 11 is 0. The first kappa shape index (κ1) is 31.1. The lowest BCUT2D eigenvalue weighted by molar-refractivity contribution is 0.996. The number of allylic oxidation sites excluding steroid dienone is 9. The van der Waals surface area contributed by atoms with Crippen LogP contribution in [0.5, 0.6) is 0 Å². The topological polar surface area (TPSA) is 64.4 Å². The molecule has 0 saturated carbocycles. The third-order valence-corrected chi connectivity index (χ3v) is 9.53. The molecule has 7 rings (SSSR count). The Balaban J connectivity index is 1.40. The van der Waals surface area contributed by atoms with Crippen LogP contribution in [0.15, 0.2) is 150 Å². The minimum absolute atomic E-state index is 0.216. The number of hydrogen-bond donors (Lipinski definition) is 2. The van der Waals surface area contributed by atoms with Gasteiger partial charge in [-0.2, -0.15) is 0 Å². The first-order valence-electron chi connectivity index (χ1n) is 16.9. The quantitative estimate of drug-likeness (QED) is 0.133. The number of fused-ring (bicyclic) bond motifs is 4. The Morgan fingerprint density at radius 1 is 0.792 bits per heavy atom. The highest BCUT2D eigenvalue weighted by Gasteiger charge is 2.20. The van der Waals surface area contributed by atoms with E-state index in [0.29, 0.717) is 0 Å². The van der Waals surface area contributed by atoms with Crippen molar-refractivity contribution in [1.29, 1.82) is 0 Å².